The summed E-state index contributed by atoms with van der Waals surface area (Å²) in [6, 6.07) is 0.485. The number of rotatable bonds is 12. The van der Waals surface area contributed by atoms with Crippen LogP contribution in [0.25, 0.3) is 0 Å². The van der Waals surface area contributed by atoms with Crippen LogP contribution in [0.4, 0.5) is 0 Å². The molecular weight excluding hydrogens is 226 g/mol. The van der Waals surface area contributed by atoms with Gasteiger partial charge in [-0.05, 0) is 39.7 Å². The summed E-state index contributed by atoms with van der Waals surface area (Å²) in [5.74, 6) is 0. The molecule has 0 bridgehead atoms. The van der Waals surface area contributed by atoms with E-state index in [9.17, 15) is 0 Å². The van der Waals surface area contributed by atoms with Crippen molar-refractivity contribution in [2.45, 2.75) is 78.6 Å². The molecule has 0 heterocycles. The average Bonchev–Trinajstić information content (AvgIpc) is 2.35. The lowest BCUT2D eigenvalue weighted by molar-refractivity contribution is -0.0275. The van der Waals surface area contributed by atoms with Gasteiger partial charge in [0, 0.05) is 6.04 Å². The van der Waals surface area contributed by atoms with E-state index in [-0.39, 0.29) is 0 Å². The first-order chi connectivity index (χ1) is 8.65. The summed E-state index contributed by atoms with van der Waals surface area (Å²) in [6.45, 7) is 13.2. The fraction of sp³-hybridized carbons (Fsp3) is 1.00. The van der Waals surface area contributed by atoms with Crippen LogP contribution >= 0.6 is 0 Å². The van der Waals surface area contributed by atoms with Gasteiger partial charge in [0.2, 0.25) is 0 Å². The molecule has 0 spiro atoms. The molecule has 0 aromatic rings. The maximum atomic E-state index is 5.97. The van der Waals surface area contributed by atoms with Crippen LogP contribution in [0, 0.1) is 0 Å². The molecule has 0 saturated carbocycles. The Morgan fingerprint density at radius 1 is 0.944 bits per heavy atom. The van der Waals surface area contributed by atoms with E-state index in [2.05, 4.69) is 39.9 Å². The summed E-state index contributed by atoms with van der Waals surface area (Å²) >= 11 is 0. The largest absolute Gasteiger partial charge is 0.376 e. The van der Waals surface area contributed by atoms with Crippen LogP contribution in [0.5, 0.6) is 0 Å². The number of hydrogen-bond donors (Lipinski definition) is 1. The molecule has 0 aromatic heterocycles. The van der Waals surface area contributed by atoms with Crippen LogP contribution in [-0.4, -0.2) is 38.0 Å². The summed E-state index contributed by atoms with van der Waals surface area (Å²) in [5.41, 5.74) is 0. The van der Waals surface area contributed by atoms with Crippen LogP contribution in [0.2, 0.25) is 0 Å². The Kier molecular flexibility index (Phi) is 11.9. The Bertz CT molecular complexity index is 174. The molecule has 1 N–H and O–H groups in total. The van der Waals surface area contributed by atoms with Gasteiger partial charge in [0.15, 0.2) is 0 Å². The summed E-state index contributed by atoms with van der Waals surface area (Å²) in [4.78, 5) is 0. The molecule has 18 heavy (non-hydrogen) atoms. The Labute approximate surface area is 114 Å². The van der Waals surface area contributed by atoms with E-state index in [0.717, 1.165) is 13.0 Å². The van der Waals surface area contributed by atoms with E-state index in [1.54, 1.807) is 0 Å². The van der Waals surface area contributed by atoms with Gasteiger partial charge < -0.3 is 14.8 Å². The second-order valence-electron chi connectivity index (χ2n) is 5.09. The molecular formula is C15H33NO2. The molecule has 3 heteroatoms. The molecule has 0 rings (SSSR count). The minimum atomic E-state index is 0.290. The highest BCUT2D eigenvalue weighted by Gasteiger charge is 2.18. The zero-order valence-electron chi connectivity index (χ0n) is 13.0. The van der Waals surface area contributed by atoms with Crippen LogP contribution < -0.4 is 5.32 Å². The fourth-order valence-corrected chi connectivity index (χ4v) is 2.06. The van der Waals surface area contributed by atoms with Gasteiger partial charge in [-0.2, -0.15) is 0 Å². The first-order valence-electron chi connectivity index (χ1n) is 7.62. The predicted molar refractivity (Wildman–Crippen MR) is 78.1 cm³/mol. The van der Waals surface area contributed by atoms with Gasteiger partial charge in [-0.15, -0.1) is 0 Å². The Hall–Kier alpha value is -0.120. The SMILES string of the molecule is CCCNC(CCC)C(CC)OCCOC(C)C. The molecule has 0 aliphatic carbocycles. The fourth-order valence-electron chi connectivity index (χ4n) is 2.06. The monoisotopic (exact) mass is 259 g/mol. The van der Waals surface area contributed by atoms with E-state index < -0.39 is 0 Å². The summed E-state index contributed by atoms with van der Waals surface area (Å²) in [7, 11) is 0. The van der Waals surface area contributed by atoms with Gasteiger partial charge >= 0.3 is 0 Å². The van der Waals surface area contributed by atoms with Gasteiger partial charge in [-0.1, -0.05) is 27.2 Å². The highest BCUT2D eigenvalue weighted by molar-refractivity contribution is 4.75. The number of hydrogen-bond acceptors (Lipinski definition) is 3. The number of ether oxygens (including phenoxy) is 2. The van der Waals surface area contributed by atoms with Crippen molar-refractivity contribution in [3.05, 3.63) is 0 Å². The molecule has 0 aliphatic rings. The highest BCUT2D eigenvalue weighted by Crippen LogP contribution is 2.10. The second kappa shape index (κ2) is 11.9. The van der Waals surface area contributed by atoms with Crippen molar-refractivity contribution in [2.75, 3.05) is 19.8 Å². The van der Waals surface area contributed by atoms with Crippen molar-refractivity contribution in [3.63, 3.8) is 0 Å². The Morgan fingerprint density at radius 2 is 1.61 bits per heavy atom. The Balaban J connectivity index is 3.98. The van der Waals surface area contributed by atoms with E-state index in [4.69, 9.17) is 9.47 Å². The zero-order chi connectivity index (χ0) is 13.8. The quantitative estimate of drug-likeness (QED) is 0.545. The highest BCUT2D eigenvalue weighted by atomic mass is 16.5. The molecule has 0 fully saturated rings. The molecule has 0 radical (unpaired) electrons. The maximum absolute atomic E-state index is 5.97. The normalized spacial score (nSPS) is 15.0. The average molecular weight is 259 g/mol. The standard InChI is InChI=1S/C15H33NO2/c1-6-9-14(16-10-7-2)15(8-3)18-12-11-17-13(4)5/h13-16H,6-12H2,1-5H3. The number of nitrogens with one attached hydrogen (secondary N) is 1. The Morgan fingerprint density at radius 3 is 2.11 bits per heavy atom. The van der Waals surface area contributed by atoms with E-state index in [1.807, 2.05) is 0 Å². The van der Waals surface area contributed by atoms with Crippen LogP contribution in [0.1, 0.15) is 60.3 Å². The second-order valence-corrected chi connectivity index (χ2v) is 5.09. The van der Waals surface area contributed by atoms with Crippen molar-refractivity contribution in [1.29, 1.82) is 0 Å². The maximum Gasteiger partial charge on any atom is 0.0726 e. The first kappa shape index (κ1) is 17.9. The third kappa shape index (κ3) is 8.90. The first-order valence-corrected chi connectivity index (χ1v) is 7.62. The van der Waals surface area contributed by atoms with Crippen LogP contribution in [0.3, 0.4) is 0 Å². The van der Waals surface area contributed by atoms with Crippen molar-refractivity contribution in [3.8, 4) is 0 Å². The van der Waals surface area contributed by atoms with E-state index in [1.165, 1.54) is 19.3 Å². The van der Waals surface area contributed by atoms with E-state index in [0.29, 0.717) is 31.5 Å². The third-order valence-electron chi connectivity index (χ3n) is 2.97. The van der Waals surface area contributed by atoms with Crippen LogP contribution in [-0.2, 0) is 9.47 Å². The smallest absolute Gasteiger partial charge is 0.0726 e. The van der Waals surface area contributed by atoms with Crippen molar-refractivity contribution in [1.82, 2.24) is 5.32 Å². The molecule has 0 aromatic carbocycles. The molecule has 0 aliphatic heterocycles. The lowest BCUT2D eigenvalue weighted by atomic mass is 10.0. The topological polar surface area (TPSA) is 30.5 Å². The van der Waals surface area contributed by atoms with Crippen molar-refractivity contribution in [2.24, 2.45) is 0 Å². The third-order valence-corrected chi connectivity index (χ3v) is 2.97. The zero-order valence-corrected chi connectivity index (χ0v) is 13.0. The summed E-state index contributed by atoms with van der Waals surface area (Å²) < 4.78 is 11.5. The lowest BCUT2D eigenvalue weighted by Gasteiger charge is -2.27. The molecule has 2 unspecified atom stereocenters. The van der Waals surface area contributed by atoms with Gasteiger partial charge in [-0.3, -0.25) is 0 Å². The lowest BCUT2D eigenvalue weighted by Crippen LogP contribution is -2.42. The van der Waals surface area contributed by atoms with Gasteiger partial charge in [0.1, 0.15) is 0 Å². The molecule has 110 valence electrons. The molecule has 3 nitrogen and oxygen atoms in total. The minimum Gasteiger partial charge on any atom is -0.376 e. The van der Waals surface area contributed by atoms with Gasteiger partial charge in [0.25, 0.3) is 0 Å². The molecule has 0 amide bonds. The summed E-state index contributed by atoms with van der Waals surface area (Å²) in [5, 5.41) is 3.61. The molecule has 2 atom stereocenters. The minimum absolute atomic E-state index is 0.290. The molecule has 0 saturated heterocycles. The van der Waals surface area contributed by atoms with Crippen molar-refractivity contribution < 1.29 is 9.47 Å². The predicted octanol–water partition coefficient (Wildman–Crippen LogP) is 3.37. The van der Waals surface area contributed by atoms with Crippen molar-refractivity contribution >= 4 is 0 Å². The summed E-state index contributed by atoms with van der Waals surface area (Å²) in [6.07, 6.45) is 5.22. The van der Waals surface area contributed by atoms with Gasteiger partial charge in [-0.25, -0.2) is 0 Å². The van der Waals surface area contributed by atoms with E-state index >= 15 is 0 Å². The van der Waals surface area contributed by atoms with Crippen LogP contribution in [0.15, 0.2) is 0 Å². The van der Waals surface area contributed by atoms with Gasteiger partial charge in [0.05, 0.1) is 25.4 Å².